The number of rotatable bonds is 2. The fourth-order valence-corrected chi connectivity index (χ4v) is 1.48. The quantitative estimate of drug-likeness (QED) is 0.679. The van der Waals surface area contributed by atoms with Gasteiger partial charge in [0.25, 0.3) is 0 Å². The Morgan fingerprint density at radius 1 is 1.05 bits per heavy atom. The summed E-state index contributed by atoms with van der Waals surface area (Å²) in [6.45, 7) is 1.52. The van der Waals surface area contributed by atoms with Gasteiger partial charge in [-0.25, -0.2) is 27.5 Å². The predicted molar refractivity (Wildman–Crippen MR) is 61.0 cm³/mol. The van der Waals surface area contributed by atoms with E-state index in [0.717, 1.165) is 0 Å². The molecule has 2 aromatic rings. The second kappa shape index (κ2) is 5.13. The Balaban J connectivity index is 2.51. The summed E-state index contributed by atoms with van der Waals surface area (Å²) < 4.78 is 53.0. The number of anilines is 2. The third-order valence-electron chi connectivity index (χ3n) is 2.32. The minimum absolute atomic E-state index is 0.0577. The Labute approximate surface area is 110 Å². The molecule has 0 saturated carbocycles. The van der Waals surface area contributed by atoms with Crippen molar-refractivity contribution in [3.63, 3.8) is 0 Å². The fourth-order valence-electron chi connectivity index (χ4n) is 1.48. The smallest absolute Gasteiger partial charge is 0.228 e. The maximum atomic E-state index is 13.4. The van der Waals surface area contributed by atoms with E-state index in [-0.39, 0.29) is 17.7 Å². The highest BCUT2D eigenvalue weighted by molar-refractivity contribution is 5.56. The average molecular weight is 282 g/mol. The van der Waals surface area contributed by atoms with Crippen molar-refractivity contribution in [1.29, 1.82) is 5.26 Å². The van der Waals surface area contributed by atoms with Crippen LogP contribution in [0.2, 0.25) is 0 Å². The van der Waals surface area contributed by atoms with Crippen molar-refractivity contribution >= 4 is 11.6 Å². The summed E-state index contributed by atoms with van der Waals surface area (Å²) in [6, 6.07) is 3.15. The molecule has 1 heterocycles. The van der Waals surface area contributed by atoms with Crippen molar-refractivity contribution in [1.82, 2.24) is 9.97 Å². The number of nitrogens with zero attached hydrogens (tertiary/aromatic N) is 3. The number of nitrogens with one attached hydrogen (secondary N) is 1. The summed E-state index contributed by atoms with van der Waals surface area (Å²) in [5.74, 6) is -6.66. The summed E-state index contributed by atoms with van der Waals surface area (Å²) in [5, 5.41) is 10.7. The number of hydrogen-bond acceptors (Lipinski definition) is 4. The molecule has 0 aliphatic carbocycles. The van der Waals surface area contributed by atoms with Crippen LogP contribution in [-0.4, -0.2) is 9.97 Å². The molecule has 0 radical (unpaired) electrons. The molecule has 0 amide bonds. The van der Waals surface area contributed by atoms with Gasteiger partial charge in [-0.2, -0.15) is 5.26 Å². The van der Waals surface area contributed by atoms with E-state index < -0.39 is 29.0 Å². The minimum Gasteiger partial charge on any atom is -0.319 e. The topological polar surface area (TPSA) is 61.6 Å². The largest absolute Gasteiger partial charge is 0.319 e. The summed E-state index contributed by atoms with van der Waals surface area (Å²) in [6.07, 6.45) is 0. The van der Waals surface area contributed by atoms with E-state index in [0.29, 0.717) is 5.69 Å². The molecule has 0 aliphatic heterocycles. The number of hydrogen-bond donors (Lipinski definition) is 1. The molecule has 0 fully saturated rings. The first kappa shape index (κ1) is 13.7. The Morgan fingerprint density at radius 2 is 1.65 bits per heavy atom. The van der Waals surface area contributed by atoms with Crippen LogP contribution in [0, 0.1) is 41.5 Å². The summed E-state index contributed by atoms with van der Waals surface area (Å²) >= 11 is 0. The van der Waals surface area contributed by atoms with Gasteiger partial charge in [-0.1, -0.05) is 0 Å². The first-order valence-corrected chi connectivity index (χ1v) is 5.28. The predicted octanol–water partition coefficient (Wildman–Crippen LogP) is 2.96. The second-order valence-electron chi connectivity index (χ2n) is 3.80. The molecule has 0 atom stereocenters. The Kier molecular flexibility index (Phi) is 3.52. The molecule has 20 heavy (non-hydrogen) atoms. The van der Waals surface area contributed by atoms with Gasteiger partial charge in [0.2, 0.25) is 5.95 Å². The maximum Gasteiger partial charge on any atom is 0.228 e. The molecule has 0 spiro atoms. The summed E-state index contributed by atoms with van der Waals surface area (Å²) in [7, 11) is 0. The lowest BCUT2D eigenvalue weighted by molar-refractivity contribution is 0.459. The standard InChI is InChI=1S/C12H6F4N4/c1-5-2-6(4-17)19-12(18-5)20-11-9(15)7(13)3-8(14)10(11)16/h2-3H,1H3,(H,18,19,20). The maximum absolute atomic E-state index is 13.4. The molecule has 1 aromatic carbocycles. The van der Waals surface area contributed by atoms with Gasteiger partial charge in [0.05, 0.1) is 0 Å². The van der Waals surface area contributed by atoms with Crippen LogP contribution in [0.5, 0.6) is 0 Å². The third kappa shape index (κ3) is 2.51. The molecule has 102 valence electrons. The third-order valence-corrected chi connectivity index (χ3v) is 2.32. The molecule has 0 unspecified atom stereocenters. The minimum atomic E-state index is -1.60. The van der Waals surface area contributed by atoms with Crippen LogP contribution in [0.25, 0.3) is 0 Å². The van der Waals surface area contributed by atoms with Gasteiger partial charge in [0, 0.05) is 11.8 Å². The lowest BCUT2D eigenvalue weighted by Gasteiger charge is -2.09. The van der Waals surface area contributed by atoms with Gasteiger partial charge < -0.3 is 5.32 Å². The molecule has 0 bridgehead atoms. The first-order chi connectivity index (χ1) is 9.42. The van der Waals surface area contributed by atoms with Gasteiger partial charge in [-0.05, 0) is 13.0 Å². The lowest BCUT2D eigenvalue weighted by Crippen LogP contribution is -2.06. The molecular formula is C12H6F4N4. The van der Waals surface area contributed by atoms with Crippen molar-refractivity contribution in [2.45, 2.75) is 6.92 Å². The highest BCUT2D eigenvalue weighted by atomic mass is 19.2. The van der Waals surface area contributed by atoms with Crippen molar-refractivity contribution < 1.29 is 17.6 Å². The molecule has 8 heteroatoms. The van der Waals surface area contributed by atoms with Gasteiger partial charge in [-0.3, -0.25) is 0 Å². The highest BCUT2D eigenvalue weighted by Crippen LogP contribution is 2.26. The SMILES string of the molecule is Cc1cc(C#N)nc(Nc2c(F)c(F)cc(F)c2F)n1. The van der Waals surface area contributed by atoms with Crippen molar-refractivity contribution in [3.8, 4) is 6.07 Å². The van der Waals surface area contributed by atoms with Gasteiger partial charge in [0.1, 0.15) is 17.5 Å². The van der Waals surface area contributed by atoms with Crippen LogP contribution in [0.3, 0.4) is 0 Å². The van der Waals surface area contributed by atoms with Gasteiger partial charge in [0.15, 0.2) is 23.3 Å². The van der Waals surface area contributed by atoms with Crippen molar-refractivity contribution in [2.75, 3.05) is 5.32 Å². The molecule has 0 saturated heterocycles. The van der Waals surface area contributed by atoms with Crippen LogP contribution in [0.4, 0.5) is 29.2 Å². The van der Waals surface area contributed by atoms with Crippen LogP contribution in [-0.2, 0) is 0 Å². The van der Waals surface area contributed by atoms with Crippen LogP contribution in [0.1, 0.15) is 11.4 Å². The average Bonchev–Trinajstić information content (AvgIpc) is 2.40. The Morgan fingerprint density at radius 3 is 2.20 bits per heavy atom. The molecule has 1 aromatic heterocycles. The fraction of sp³-hybridized carbons (Fsp3) is 0.0833. The molecular weight excluding hydrogens is 276 g/mol. The number of benzene rings is 1. The Hall–Kier alpha value is -2.69. The van der Waals surface area contributed by atoms with Crippen LogP contribution >= 0.6 is 0 Å². The molecule has 0 aliphatic rings. The Bertz CT molecular complexity index is 698. The zero-order chi connectivity index (χ0) is 14.9. The van der Waals surface area contributed by atoms with E-state index >= 15 is 0 Å². The number of aromatic nitrogens is 2. The highest BCUT2D eigenvalue weighted by Gasteiger charge is 2.20. The molecule has 2 rings (SSSR count). The van der Waals surface area contributed by atoms with Gasteiger partial charge >= 0.3 is 0 Å². The van der Waals surface area contributed by atoms with E-state index in [2.05, 4.69) is 9.97 Å². The number of nitriles is 1. The van der Waals surface area contributed by atoms with Gasteiger partial charge in [-0.15, -0.1) is 0 Å². The zero-order valence-electron chi connectivity index (χ0n) is 10.0. The van der Waals surface area contributed by atoms with Crippen LogP contribution in [0.15, 0.2) is 12.1 Å². The molecule has 1 N–H and O–H groups in total. The van der Waals surface area contributed by atoms with E-state index in [4.69, 9.17) is 5.26 Å². The van der Waals surface area contributed by atoms with Crippen molar-refractivity contribution in [2.24, 2.45) is 0 Å². The second-order valence-corrected chi connectivity index (χ2v) is 3.80. The van der Waals surface area contributed by atoms with Crippen LogP contribution < -0.4 is 5.32 Å². The normalized spacial score (nSPS) is 10.2. The monoisotopic (exact) mass is 282 g/mol. The lowest BCUT2D eigenvalue weighted by atomic mass is 10.2. The van der Waals surface area contributed by atoms with E-state index in [1.807, 2.05) is 5.32 Å². The summed E-state index contributed by atoms with van der Waals surface area (Å²) in [5.41, 5.74) is -0.772. The first-order valence-electron chi connectivity index (χ1n) is 5.28. The van der Waals surface area contributed by atoms with E-state index in [1.165, 1.54) is 13.0 Å². The zero-order valence-corrected chi connectivity index (χ0v) is 10.0. The number of aryl methyl sites for hydroxylation is 1. The van der Waals surface area contributed by atoms with Crippen molar-refractivity contribution in [3.05, 3.63) is 46.8 Å². The van der Waals surface area contributed by atoms with E-state index in [9.17, 15) is 17.6 Å². The van der Waals surface area contributed by atoms with E-state index in [1.54, 1.807) is 6.07 Å². The molecule has 4 nitrogen and oxygen atoms in total. The summed E-state index contributed by atoms with van der Waals surface area (Å²) in [4.78, 5) is 7.39. The number of halogens is 4.